The van der Waals surface area contributed by atoms with E-state index in [1.807, 2.05) is 6.92 Å². The van der Waals surface area contributed by atoms with Crippen molar-refractivity contribution >= 4 is 0 Å². The number of aryl methyl sites for hydroxylation is 2. The third kappa shape index (κ3) is 2.75. The maximum Gasteiger partial charge on any atom is 0.0718 e. The summed E-state index contributed by atoms with van der Waals surface area (Å²) in [6.07, 6.45) is 5.15. The number of piperidine rings is 1. The molecular formula is C14H25N3O. The van der Waals surface area contributed by atoms with Crippen LogP contribution in [-0.2, 0) is 13.2 Å². The van der Waals surface area contributed by atoms with Gasteiger partial charge < -0.3 is 10.0 Å². The normalized spacial score (nSPS) is 21.4. The molecule has 1 saturated heterocycles. The van der Waals surface area contributed by atoms with Crippen LogP contribution in [0.15, 0.2) is 0 Å². The highest BCUT2D eigenvalue weighted by Crippen LogP contribution is 2.19. The van der Waals surface area contributed by atoms with Crippen LogP contribution in [0, 0.1) is 13.8 Å². The largest absolute Gasteiger partial charge is 0.392 e. The van der Waals surface area contributed by atoms with E-state index in [1.165, 1.54) is 25.8 Å². The maximum atomic E-state index is 9.31. The maximum absolute atomic E-state index is 9.31. The van der Waals surface area contributed by atoms with Gasteiger partial charge in [-0.15, -0.1) is 0 Å². The van der Waals surface area contributed by atoms with Crippen LogP contribution in [0.5, 0.6) is 0 Å². The molecule has 0 aliphatic carbocycles. The minimum atomic E-state index is 0.0982. The van der Waals surface area contributed by atoms with Gasteiger partial charge in [0.05, 0.1) is 12.3 Å². The third-order valence-corrected chi connectivity index (χ3v) is 4.29. The van der Waals surface area contributed by atoms with Gasteiger partial charge in [-0.1, -0.05) is 6.42 Å². The Morgan fingerprint density at radius 3 is 2.72 bits per heavy atom. The van der Waals surface area contributed by atoms with Gasteiger partial charge in [0, 0.05) is 23.8 Å². The molecule has 0 bridgehead atoms. The van der Waals surface area contributed by atoms with Gasteiger partial charge >= 0.3 is 0 Å². The molecule has 1 unspecified atom stereocenters. The highest BCUT2D eigenvalue weighted by atomic mass is 16.3. The number of aliphatic hydroxyl groups excluding tert-OH is 1. The first-order valence-corrected chi connectivity index (χ1v) is 6.97. The number of aromatic nitrogens is 2. The molecule has 2 rings (SSSR count). The summed E-state index contributed by atoms with van der Waals surface area (Å²) in [5, 5.41) is 13.8. The van der Waals surface area contributed by atoms with E-state index >= 15 is 0 Å². The van der Waals surface area contributed by atoms with Crippen molar-refractivity contribution in [3.05, 3.63) is 17.0 Å². The smallest absolute Gasteiger partial charge is 0.0718 e. The predicted octanol–water partition coefficient (Wildman–Crippen LogP) is 1.87. The third-order valence-electron chi connectivity index (χ3n) is 4.29. The van der Waals surface area contributed by atoms with Crippen molar-refractivity contribution in [2.45, 2.75) is 58.7 Å². The SMILES string of the molecule is Cc1nn(CCC2CCCCN2C)c(C)c1CO. The van der Waals surface area contributed by atoms with Crippen LogP contribution in [0.4, 0.5) is 0 Å². The summed E-state index contributed by atoms with van der Waals surface area (Å²) in [4.78, 5) is 2.47. The molecule has 1 aliphatic heterocycles. The van der Waals surface area contributed by atoms with Gasteiger partial charge in [0.1, 0.15) is 0 Å². The van der Waals surface area contributed by atoms with Crippen LogP contribution in [0.2, 0.25) is 0 Å². The zero-order chi connectivity index (χ0) is 13.1. The summed E-state index contributed by atoms with van der Waals surface area (Å²) >= 11 is 0. The number of rotatable bonds is 4. The second-order valence-electron chi connectivity index (χ2n) is 5.45. The molecule has 1 aromatic heterocycles. The number of hydrogen-bond donors (Lipinski definition) is 1. The molecule has 0 radical (unpaired) electrons. The monoisotopic (exact) mass is 251 g/mol. The molecule has 1 aromatic rings. The molecule has 1 aliphatic rings. The summed E-state index contributed by atoms with van der Waals surface area (Å²) in [7, 11) is 2.23. The Morgan fingerprint density at radius 2 is 2.11 bits per heavy atom. The predicted molar refractivity (Wildman–Crippen MR) is 72.5 cm³/mol. The Bertz CT molecular complexity index is 400. The standard InChI is InChI=1S/C14H25N3O/c1-11-14(10-18)12(2)17(15-11)9-7-13-6-4-5-8-16(13)3/h13,18H,4-10H2,1-3H3. The molecule has 102 valence electrons. The Balaban J connectivity index is 1.97. The Morgan fingerprint density at radius 1 is 1.33 bits per heavy atom. The van der Waals surface area contributed by atoms with Gasteiger partial charge in [-0.3, -0.25) is 4.68 Å². The van der Waals surface area contributed by atoms with Gasteiger partial charge in [0.2, 0.25) is 0 Å². The zero-order valence-corrected chi connectivity index (χ0v) is 11.8. The fourth-order valence-corrected chi connectivity index (χ4v) is 2.96. The minimum Gasteiger partial charge on any atom is -0.392 e. The fourth-order valence-electron chi connectivity index (χ4n) is 2.96. The fraction of sp³-hybridized carbons (Fsp3) is 0.786. The molecule has 4 heteroatoms. The van der Waals surface area contributed by atoms with Crippen LogP contribution in [0.1, 0.15) is 42.6 Å². The number of hydrogen-bond acceptors (Lipinski definition) is 3. The topological polar surface area (TPSA) is 41.3 Å². The molecule has 18 heavy (non-hydrogen) atoms. The summed E-state index contributed by atoms with van der Waals surface area (Å²) in [5.74, 6) is 0. The molecule has 4 nitrogen and oxygen atoms in total. The van der Waals surface area contributed by atoms with Gasteiger partial charge in [-0.05, 0) is 46.7 Å². The second kappa shape index (κ2) is 5.85. The van der Waals surface area contributed by atoms with E-state index in [1.54, 1.807) is 0 Å². The Labute approximate surface area is 110 Å². The summed E-state index contributed by atoms with van der Waals surface area (Å²) < 4.78 is 2.06. The number of nitrogens with zero attached hydrogens (tertiary/aromatic N) is 3. The first kappa shape index (κ1) is 13.6. The molecule has 0 spiro atoms. The lowest BCUT2D eigenvalue weighted by molar-refractivity contribution is 0.169. The number of aliphatic hydroxyl groups is 1. The van der Waals surface area contributed by atoms with Gasteiger partial charge in [0.25, 0.3) is 0 Å². The molecule has 1 atom stereocenters. The first-order chi connectivity index (χ1) is 8.63. The average molecular weight is 251 g/mol. The molecule has 0 aromatic carbocycles. The molecule has 2 heterocycles. The van der Waals surface area contributed by atoms with Crippen LogP contribution in [0.25, 0.3) is 0 Å². The molecule has 1 N–H and O–H groups in total. The van der Waals surface area contributed by atoms with E-state index in [2.05, 4.69) is 28.7 Å². The van der Waals surface area contributed by atoms with E-state index in [0.717, 1.165) is 29.9 Å². The lowest BCUT2D eigenvalue weighted by Gasteiger charge is -2.32. The van der Waals surface area contributed by atoms with Crippen LogP contribution in [-0.4, -0.2) is 39.4 Å². The van der Waals surface area contributed by atoms with Crippen LogP contribution in [0.3, 0.4) is 0 Å². The minimum absolute atomic E-state index is 0.0982. The quantitative estimate of drug-likeness (QED) is 0.888. The number of likely N-dealkylation sites (tertiary alicyclic amines) is 1. The van der Waals surface area contributed by atoms with E-state index < -0.39 is 0 Å². The van der Waals surface area contributed by atoms with E-state index in [0.29, 0.717) is 6.04 Å². The van der Waals surface area contributed by atoms with Crippen molar-refractivity contribution in [3.63, 3.8) is 0 Å². The molecular weight excluding hydrogens is 226 g/mol. The van der Waals surface area contributed by atoms with Crippen LogP contribution < -0.4 is 0 Å². The lowest BCUT2D eigenvalue weighted by atomic mass is 10.0. The lowest BCUT2D eigenvalue weighted by Crippen LogP contribution is -2.36. The Hall–Kier alpha value is -0.870. The van der Waals surface area contributed by atoms with Crippen molar-refractivity contribution in [1.29, 1.82) is 0 Å². The first-order valence-electron chi connectivity index (χ1n) is 6.97. The van der Waals surface area contributed by atoms with Crippen molar-refractivity contribution in [2.75, 3.05) is 13.6 Å². The van der Waals surface area contributed by atoms with Gasteiger partial charge in [0.15, 0.2) is 0 Å². The van der Waals surface area contributed by atoms with Gasteiger partial charge in [-0.25, -0.2) is 0 Å². The van der Waals surface area contributed by atoms with Crippen molar-refractivity contribution in [2.24, 2.45) is 0 Å². The van der Waals surface area contributed by atoms with Crippen LogP contribution >= 0.6 is 0 Å². The van der Waals surface area contributed by atoms with E-state index in [4.69, 9.17) is 0 Å². The second-order valence-corrected chi connectivity index (χ2v) is 5.45. The zero-order valence-electron chi connectivity index (χ0n) is 11.8. The highest BCUT2D eigenvalue weighted by molar-refractivity contribution is 5.23. The molecule has 1 fully saturated rings. The summed E-state index contributed by atoms with van der Waals surface area (Å²) in [6, 6.07) is 0.695. The average Bonchev–Trinajstić information content (AvgIpc) is 2.63. The highest BCUT2D eigenvalue weighted by Gasteiger charge is 2.19. The van der Waals surface area contributed by atoms with Crippen molar-refractivity contribution < 1.29 is 5.11 Å². The summed E-state index contributed by atoms with van der Waals surface area (Å²) in [6.45, 7) is 6.31. The van der Waals surface area contributed by atoms with Crippen molar-refractivity contribution in [1.82, 2.24) is 14.7 Å². The molecule has 0 amide bonds. The van der Waals surface area contributed by atoms with E-state index in [-0.39, 0.29) is 6.61 Å². The van der Waals surface area contributed by atoms with Gasteiger partial charge in [-0.2, -0.15) is 5.10 Å². The molecule has 0 saturated carbocycles. The summed E-state index contributed by atoms with van der Waals surface area (Å²) in [5.41, 5.74) is 3.08. The Kier molecular flexibility index (Phi) is 4.40. The van der Waals surface area contributed by atoms with E-state index in [9.17, 15) is 5.11 Å². The van der Waals surface area contributed by atoms with Crippen molar-refractivity contribution in [3.8, 4) is 0 Å².